The Kier molecular flexibility index (Phi) is 3.61. The number of carbonyl (C=O) groups excluding carboxylic acids is 1. The number of nitrogens with zero attached hydrogens (tertiary/aromatic N) is 3. The van der Waals surface area contributed by atoms with Crippen molar-refractivity contribution in [2.75, 3.05) is 6.54 Å². The molecule has 0 bridgehead atoms. The minimum absolute atomic E-state index is 0.0879. The van der Waals surface area contributed by atoms with E-state index >= 15 is 0 Å². The molecule has 0 saturated carbocycles. The van der Waals surface area contributed by atoms with E-state index in [0.29, 0.717) is 19.6 Å². The fourth-order valence-corrected chi connectivity index (χ4v) is 2.00. The summed E-state index contributed by atoms with van der Waals surface area (Å²) in [4.78, 5) is 28.2. The predicted molar refractivity (Wildman–Crippen MR) is 62.5 cm³/mol. The first-order chi connectivity index (χ1) is 8.58. The van der Waals surface area contributed by atoms with Crippen molar-refractivity contribution < 1.29 is 14.7 Å². The number of fused-ring (bicyclic) bond motifs is 1. The zero-order valence-electron chi connectivity index (χ0n) is 9.95. The number of aliphatic carboxylic acids is 1. The maximum absolute atomic E-state index is 12.0. The van der Waals surface area contributed by atoms with Gasteiger partial charge in [0.15, 0.2) is 0 Å². The highest BCUT2D eigenvalue weighted by molar-refractivity contribution is 5.82. The normalized spacial score (nSPS) is 16.2. The van der Waals surface area contributed by atoms with E-state index in [1.54, 1.807) is 11.1 Å². The summed E-state index contributed by atoms with van der Waals surface area (Å²) >= 11 is 0. The van der Waals surface area contributed by atoms with Crippen LogP contribution in [0, 0.1) is 0 Å². The minimum Gasteiger partial charge on any atom is -0.481 e. The molecule has 7 nitrogen and oxygen atoms in total. The summed E-state index contributed by atoms with van der Waals surface area (Å²) in [7, 11) is 0. The molecule has 1 aromatic rings. The maximum atomic E-state index is 12.0. The Bertz CT molecular complexity index is 457. The zero-order chi connectivity index (χ0) is 13.1. The average Bonchev–Trinajstić information content (AvgIpc) is 2.81. The van der Waals surface area contributed by atoms with E-state index in [9.17, 15) is 9.59 Å². The summed E-state index contributed by atoms with van der Waals surface area (Å²) < 4.78 is 1.99. The number of carbonyl (C=O) groups is 2. The maximum Gasteiger partial charge on any atom is 0.303 e. The van der Waals surface area contributed by atoms with E-state index in [4.69, 9.17) is 10.8 Å². The van der Waals surface area contributed by atoms with Crippen molar-refractivity contribution in [3.05, 3.63) is 18.2 Å². The molecule has 1 atom stereocenters. The standard InChI is InChI=1S/C11H16N4O3/c12-8(1-2-10(16)17)11(18)15-6-5-14-4-3-13-9(14)7-15/h3-4,8H,1-2,5-7,12H2,(H,16,17). The Morgan fingerprint density at radius 1 is 1.50 bits per heavy atom. The molecule has 2 rings (SSSR count). The minimum atomic E-state index is -0.938. The van der Waals surface area contributed by atoms with Gasteiger partial charge in [-0.15, -0.1) is 0 Å². The van der Waals surface area contributed by atoms with Crippen LogP contribution in [0.2, 0.25) is 0 Å². The molecule has 0 radical (unpaired) electrons. The first kappa shape index (κ1) is 12.6. The molecule has 18 heavy (non-hydrogen) atoms. The van der Waals surface area contributed by atoms with Crippen LogP contribution < -0.4 is 5.73 Å². The van der Waals surface area contributed by atoms with Gasteiger partial charge < -0.3 is 20.3 Å². The zero-order valence-corrected chi connectivity index (χ0v) is 9.95. The van der Waals surface area contributed by atoms with Crippen molar-refractivity contribution in [3.8, 4) is 0 Å². The smallest absolute Gasteiger partial charge is 0.303 e. The van der Waals surface area contributed by atoms with Crippen LogP contribution in [0.15, 0.2) is 12.4 Å². The number of nitrogens with two attached hydrogens (primary N) is 1. The molecule has 3 N–H and O–H groups in total. The number of carboxylic acids is 1. The van der Waals surface area contributed by atoms with E-state index in [2.05, 4.69) is 4.98 Å². The van der Waals surface area contributed by atoms with Gasteiger partial charge in [-0.1, -0.05) is 0 Å². The van der Waals surface area contributed by atoms with E-state index in [1.807, 2.05) is 10.8 Å². The van der Waals surface area contributed by atoms with Gasteiger partial charge in [0.05, 0.1) is 12.6 Å². The molecule has 0 saturated heterocycles. The molecule has 1 unspecified atom stereocenters. The van der Waals surface area contributed by atoms with E-state index in [1.165, 1.54) is 0 Å². The second kappa shape index (κ2) is 5.18. The van der Waals surface area contributed by atoms with Crippen molar-refractivity contribution >= 4 is 11.9 Å². The molecule has 7 heteroatoms. The van der Waals surface area contributed by atoms with E-state index < -0.39 is 12.0 Å². The summed E-state index contributed by atoms with van der Waals surface area (Å²) in [5.41, 5.74) is 5.71. The summed E-state index contributed by atoms with van der Waals surface area (Å²) in [5, 5.41) is 8.56. The molecule has 0 aromatic carbocycles. The molecular weight excluding hydrogens is 236 g/mol. The molecule has 0 fully saturated rings. The van der Waals surface area contributed by atoms with Crippen LogP contribution in [0.25, 0.3) is 0 Å². The predicted octanol–water partition coefficient (Wildman–Crippen LogP) is -0.583. The fraction of sp³-hybridized carbons (Fsp3) is 0.545. The van der Waals surface area contributed by atoms with Crippen molar-refractivity contribution in [1.29, 1.82) is 0 Å². The van der Waals surface area contributed by atoms with Crippen LogP contribution in [0.3, 0.4) is 0 Å². The van der Waals surface area contributed by atoms with Crippen molar-refractivity contribution in [3.63, 3.8) is 0 Å². The number of hydrogen-bond acceptors (Lipinski definition) is 4. The topological polar surface area (TPSA) is 101 Å². The molecule has 2 heterocycles. The highest BCUT2D eigenvalue weighted by atomic mass is 16.4. The first-order valence-electron chi connectivity index (χ1n) is 5.84. The fourth-order valence-electron chi connectivity index (χ4n) is 2.00. The summed E-state index contributed by atoms with van der Waals surface area (Å²) in [6, 6.07) is -0.748. The lowest BCUT2D eigenvalue weighted by Crippen LogP contribution is -2.47. The van der Waals surface area contributed by atoms with E-state index in [0.717, 1.165) is 5.82 Å². The second-order valence-electron chi connectivity index (χ2n) is 4.34. The summed E-state index contributed by atoms with van der Waals surface area (Å²) in [5.74, 6) is -0.307. The van der Waals surface area contributed by atoms with Crippen LogP contribution >= 0.6 is 0 Å². The Balaban J connectivity index is 1.92. The second-order valence-corrected chi connectivity index (χ2v) is 4.34. The van der Waals surface area contributed by atoms with Crippen LogP contribution in [0.4, 0.5) is 0 Å². The summed E-state index contributed by atoms with van der Waals surface area (Å²) in [6.07, 6.45) is 3.66. The van der Waals surface area contributed by atoms with Gasteiger partial charge in [0.2, 0.25) is 5.91 Å². The Hall–Kier alpha value is -1.89. The van der Waals surface area contributed by atoms with Crippen LogP contribution in [-0.2, 0) is 22.7 Å². The molecule has 98 valence electrons. The van der Waals surface area contributed by atoms with Gasteiger partial charge in [-0.3, -0.25) is 9.59 Å². The van der Waals surface area contributed by atoms with Gasteiger partial charge >= 0.3 is 5.97 Å². The van der Waals surface area contributed by atoms with Crippen molar-refractivity contribution in [2.45, 2.75) is 32.0 Å². The molecule has 0 aliphatic carbocycles. The van der Waals surface area contributed by atoms with Gasteiger partial charge in [-0.2, -0.15) is 0 Å². The van der Waals surface area contributed by atoms with E-state index in [-0.39, 0.29) is 18.7 Å². The Morgan fingerprint density at radius 3 is 3.00 bits per heavy atom. The van der Waals surface area contributed by atoms with Crippen LogP contribution in [0.1, 0.15) is 18.7 Å². The number of amides is 1. The molecule has 1 amide bonds. The third-order valence-corrected chi connectivity index (χ3v) is 3.04. The van der Waals surface area contributed by atoms with Crippen LogP contribution in [-0.4, -0.2) is 44.0 Å². The molecule has 1 aliphatic heterocycles. The number of imidazole rings is 1. The number of carboxylic acid groups (broad SMARTS) is 1. The van der Waals surface area contributed by atoms with Gasteiger partial charge in [0, 0.05) is 31.9 Å². The van der Waals surface area contributed by atoms with Gasteiger partial charge in [0.25, 0.3) is 0 Å². The van der Waals surface area contributed by atoms with Crippen molar-refractivity contribution in [1.82, 2.24) is 14.5 Å². The molecule has 1 aromatic heterocycles. The first-order valence-corrected chi connectivity index (χ1v) is 5.84. The summed E-state index contributed by atoms with van der Waals surface area (Å²) in [6.45, 7) is 1.72. The van der Waals surface area contributed by atoms with Crippen molar-refractivity contribution in [2.24, 2.45) is 5.73 Å². The SMILES string of the molecule is NC(CCC(=O)O)C(=O)N1CCn2ccnc2C1. The molecular formula is C11H16N4O3. The van der Waals surface area contributed by atoms with Crippen LogP contribution in [0.5, 0.6) is 0 Å². The highest BCUT2D eigenvalue weighted by Crippen LogP contribution is 2.12. The monoisotopic (exact) mass is 252 g/mol. The lowest BCUT2D eigenvalue weighted by atomic mass is 10.1. The third-order valence-electron chi connectivity index (χ3n) is 3.04. The molecule has 1 aliphatic rings. The van der Waals surface area contributed by atoms with Gasteiger partial charge in [0.1, 0.15) is 5.82 Å². The average molecular weight is 252 g/mol. The van der Waals surface area contributed by atoms with Gasteiger partial charge in [-0.25, -0.2) is 4.98 Å². The lowest BCUT2D eigenvalue weighted by Gasteiger charge is -2.29. The third kappa shape index (κ3) is 2.67. The Labute approximate surface area is 104 Å². The highest BCUT2D eigenvalue weighted by Gasteiger charge is 2.25. The lowest BCUT2D eigenvalue weighted by molar-refractivity contribution is -0.138. The number of rotatable bonds is 4. The quantitative estimate of drug-likeness (QED) is 0.746. The number of aromatic nitrogens is 2. The largest absolute Gasteiger partial charge is 0.481 e. The number of hydrogen-bond donors (Lipinski definition) is 2. The Morgan fingerprint density at radius 2 is 2.28 bits per heavy atom. The molecule has 0 spiro atoms. The van der Waals surface area contributed by atoms with Gasteiger partial charge in [-0.05, 0) is 6.42 Å².